The molecule has 0 fully saturated rings. The second-order valence-electron chi connectivity index (χ2n) is 6.45. The van der Waals surface area contributed by atoms with Crippen LogP contribution in [0.25, 0.3) is 0 Å². The average Bonchev–Trinajstić information content (AvgIpc) is 2.86. The van der Waals surface area contributed by atoms with Gasteiger partial charge in [0.05, 0.1) is 61.1 Å². The molecular weight excluding hydrogens is 660 g/mol. The van der Waals surface area contributed by atoms with Crippen molar-refractivity contribution in [3.05, 3.63) is 5.28 Å². The van der Waals surface area contributed by atoms with E-state index in [4.69, 9.17) is 110 Å². The molecule has 0 spiro atoms. The lowest BCUT2D eigenvalue weighted by Gasteiger charge is -2.22. The van der Waals surface area contributed by atoms with Crippen molar-refractivity contribution >= 4 is 108 Å². The van der Waals surface area contributed by atoms with E-state index in [-0.39, 0.29) is 25.0 Å². The number of aromatic nitrogens is 3. The van der Waals surface area contributed by atoms with Crippen molar-refractivity contribution < 1.29 is 37.4 Å². The average molecular weight is 682 g/mol. The fraction of sp³-hybridized carbons (Fsp3) is 0.800. The van der Waals surface area contributed by atoms with Crippen LogP contribution < -0.4 is 11.1 Å². The highest BCUT2D eigenvalue weighted by Crippen LogP contribution is 2.49. The molecule has 0 radical (unpaired) electrons. The number of hydrogen-bond donors (Lipinski definition) is 2. The molecule has 0 saturated heterocycles. The molecule has 0 amide bonds. The van der Waals surface area contributed by atoms with E-state index in [1.165, 1.54) is 0 Å². The molecule has 0 aromatic carbocycles. The molecule has 6 unspecified atom stereocenters. The molecule has 6 atom stereocenters. The van der Waals surface area contributed by atoms with E-state index in [1.807, 2.05) is 0 Å². The Labute approximate surface area is 237 Å². The highest BCUT2D eigenvalue weighted by atomic mass is 35.5. The molecule has 0 aliphatic rings. The summed E-state index contributed by atoms with van der Waals surface area (Å²) >= 11 is 40.8. The summed E-state index contributed by atoms with van der Waals surface area (Å²) in [7, 11) is -8.90. The monoisotopic (exact) mass is 679 g/mol. The zero-order valence-corrected chi connectivity index (χ0v) is 24.8. The molecule has 0 aliphatic carbocycles. The topological polar surface area (TPSA) is 150 Å². The third-order valence-electron chi connectivity index (χ3n) is 3.51. The molecule has 0 bridgehead atoms. The normalized spacial score (nSPS) is 18.9. The Hall–Kier alpha value is 1.26. The summed E-state index contributed by atoms with van der Waals surface area (Å²) in [5.74, 6) is -0.109. The molecule has 11 nitrogen and oxygen atoms in total. The molecule has 1 heterocycles. The van der Waals surface area contributed by atoms with E-state index in [0.29, 0.717) is 0 Å². The third kappa shape index (κ3) is 11.9. The first-order chi connectivity index (χ1) is 16.4. The van der Waals surface area contributed by atoms with Gasteiger partial charge in [0, 0.05) is 11.8 Å². The number of hydrogen-bond acceptors (Lipinski definition) is 11. The summed E-state index contributed by atoms with van der Waals surface area (Å²) in [6.45, 7) is -2.67. The van der Waals surface area contributed by atoms with Crippen molar-refractivity contribution in [3.63, 3.8) is 0 Å². The maximum absolute atomic E-state index is 13.5. The van der Waals surface area contributed by atoms with E-state index in [9.17, 15) is 9.13 Å². The Balaban J connectivity index is 3.45. The van der Waals surface area contributed by atoms with Crippen LogP contribution in [0.3, 0.4) is 0 Å². The summed E-state index contributed by atoms with van der Waals surface area (Å²) < 4.78 is 48.3. The minimum absolute atomic E-state index is 0.0545. The fourth-order valence-electron chi connectivity index (χ4n) is 1.79. The SMILES string of the molecule is O=P(OCC(Cl)CO)(OCC(Cl)CCl)c1nc(Cl)nc(P(=O)(OCC(Cl)CO)OCC(Cl)CCl)n1. The summed E-state index contributed by atoms with van der Waals surface area (Å²) in [6.07, 6.45) is 0. The van der Waals surface area contributed by atoms with Crippen LogP contribution >= 0.6 is 96.4 Å². The van der Waals surface area contributed by atoms with E-state index in [0.717, 1.165) is 0 Å². The van der Waals surface area contributed by atoms with Crippen molar-refractivity contribution in [2.24, 2.45) is 0 Å². The second kappa shape index (κ2) is 17.1. The molecule has 1 rings (SSSR count). The minimum atomic E-state index is -4.45. The molecule has 1 aromatic rings. The smallest absolute Gasteiger partial charge is 0.395 e. The van der Waals surface area contributed by atoms with Gasteiger partial charge >= 0.3 is 15.2 Å². The zero-order valence-electron chi connectivity index (χ0n) is 17.7. The van der Waals surface area contributed by atoms with Crippen molar-refractivity contribution in [1.82, 2.24) is 15.0 Å². The van der Waals surface area contributed by atoms with Crippen LogP contribution in [0.5, 0.6) is 0 Å². The largest absolute Gasteiger partial charge is 0.398 e. The highest BCUT2D eigenvalue weighted by molar-refractivity contribution is 7.63. The lowest BCUT2D eigenvalue weighted by Crippen LogP contribution is -2.32. The van der Waals surface area contributed by atoms with Crippen LogP contribution in [0, 0.1) is 0 Å². The molecule has 35 heavy (non-hydrogen) atoms. The summed E-state index contributed by atoms with van der Waals surface area (Å²) in [4.78, 5) is 11.4. The van der Waals surface area contributed by atoms with Crippen LogP contribution in [0.1, 0.15) is 0 Å². The summed E-state index contributed by atoms with van der Waals surface area (Å²) in [5, 5.41) is 14.2. The Morgan fingerprint density at radius 2 is 0.971 bits per heavy atom. The number of alkyl halides is 6. The molecule has 204 valence electrons. The molecule has 2 N–H and O–H groups in total. The Morgan fingerprint density at radius 3 is 1.26 bits per heavy atom. The quantitative estimate of drug-likeness (QED) is 0.174. The van der Waals surface area contributed by atoms with E-state index >= 15 is 0 Å². The molecule has 0 saturated carbocycles. The van der Waals surface area contributed by atoms with Crippen molar-refractivity contribution in [1.29, 1.82) is 0 Å². The first-order valence-corrected chi connectivity index (χ1v) is 15.8. The van der Waals surface area contributed by atoms with Crippen LogP contribution in [-0.2, 0) is 27.2 Å². The highest BCUT2D eigenvalue weighted by Gasteiger charge is 2.39. The number of aliphatic hydroxyl groups is 2. The lowest BCUT2D eigenvalue weighted by atomic mass is 10.5. The van der Waals surface area contributed by atoms with Crippen LogP contribution in [0.15, 0.2) is 0 Å². The van der Waals surface area contributed by atoms with E-state index in [2.05, 4.69) is 15.0 Å². The molecular formula is C15H22Cl7N3O8P2. The maximum Gasteiger partial charge on any atom is 0.398 e. The predicted octanol–water partition coefficient (Wildman–Crippen LogP) is 3.12. The van der Waals surface area contributed by atoms with Gasteiger partial charge in [-0.15, -0.1) is 69.6 Å². The van der Waals surface area contributed by atoms with Crippen molar-refractivity contribution in [2.45, 2.75) is 21.5 Å². The van der Waals surface area contributed by atoms with Gasteiger partial charge < -0.3 is 28.3 Å². The van der Waals surface area contributed by atoms with Gasteiger partial charge in [0.1, 0.15) is 0 Å². The van der Waals surface area contributed by atoms with E-state index < -0.39 is 79.5 Å². The predicted molar refractivity (Wildman–Crippen MR) is 137 cm³/mol. The maximum atomic E-state index is 13.5. The van der Waals surface area contributed by atoms with E-state index in [1.54, 1.807) is 0 Å². The number of aliphatic hydroxyl groups excluding tert-OH is 2. The second-order valence-corrected chi connectivity index (χ2v) is 13.7. The van der Waals surface area contributed by atoms with Crippen LogP contribution in [0.2, 0.25) is 5.28 Å². The summed E-state index contributed by atoms with van der Waals surface area (Å²) in [5.41, 5.74) is -1.35. The first kappa shape index (κ1) is 34.3. The van der Waals surface area contributed by atoms with Crippen molar-refractivity contribution in [2.75, 3.05) is 51.4 Å². The zero-order chi connectivity index (χ0) is 26.6. The van der Waals surface area contributed by atoms with Gasteiger partial charge in [0.2, 0.25) is 16.4 Å². The Bertz CT molecular complexity index is 780. The number of halogens is 7. The standard InChI is InChI=1S/C15H22Cl7N3O8P2/c16-1-9(18)5-30-34(28,32-7-11(20)3-26)14-23-13(22)24-15(25-14)35(29,31-6-10(19)2-17)33-8-12(21)4-27/h9-12,26-27H,1-8H2. The summed E-state index contributed by atoms with van der Waals surface area (Å²) in [6, 6.07) is 0. The molecule has 0 aliphatic heterocycles. The van der Waals surface area contributed by atoms with Gasteiger partial charge in [-0.1, -0.05) is 0 Å². The lowest BCUT2D eigenvalue weighted by molar-refractivity contribution is 0.193. The Morgan fingerprint density at radius 1 is 0.657 bits per heavy atom. The molecule has 20 heteroatoms. The first-order valence-electron chi connectivity index (χ1n) is 9.53. The van der Waals surface area contributed by atoms with Crippen molar-refractivity contribution in [3.8, 4) is 0 Å². The van der Waals surface area contributed by atoms with Gasteiger partial charge in [-0.3, -0.25) is 9.13 Å². The minimum Gasteiger partial charge on any atom is -0.395 e. The van der Waals surface area contributed by atoms with Crippen LogP contribution in [-0.4, -0.2) is 98.1 Å². The van der Waals surface area contributed by atoms with Gasteiger partial charge in [0.15, 0.2) is 0 Å². The number of nitrogens with zero attached hydrogens (tertiary/aromatic N) is 3. The Kier molecular flexibility index (Phi) is 16.7. The fourth-order valence-corrected chi connectivity index (χ4v) is 5.91. The third-order valence-corrected chi connectivity index (χ3v) is 9.16. The van der Waals surface area contributed by atoms with Gasteiger partial charge in [-0.2, -0.15) is 15.0 Å². The number of rotatable bonds is 18. The van der Waals surface area contributed by atoms with Gasteiger partial charge in [-0.25, -0.2) is 0 Å². The molecule has 1 aromatic heterocycles. The van der Waals surface area contributed by atoms with Crippen LogP contribution in [0.4, 0.5) is 0 Å². The van der Waals surface area contributed by atoms with Gasteiger partial charge in [-0.05, 0) is 11.6 Å². The van der Waals surface area contributed by atoms with Gasteiger partial charge in [0.25, 0.3) is 0 Å².